The number of nitrogens with zero attached hydrogens (tertiary/aromatic N) is 2. The summed E-state index contributed by atoms with van der Waals surface area (Å²) < 4.78 is 39.6. The van der Waals surface area contributed by atoms with Gasteiger partial charge in [0.15, 0.2) is 17.9 Å². The van der Waals surface area contributed by atoms with Crippen LogP contribution in [0.25, 0.3) is 0 Å². The topological polar surface area (TPSA) is 54.9 Å². The average Bonchev–Trinajstić information content (AvgIpc) is 2.34. The van der Waals surface area contributed by atoms with Gasteiger partial charge in [-0.3, -0.25) is 4.79 Å². The molecule has 98 valence electrons. The van der Waals surface area contributed by atoms with Crippen LogP contribution in [0.3, 0.4) is 0 Å². The molecular weight excluding hydrogens is 283 g/mol. The van der Waals surface area contributed by atoms with Gasteiger partial charge in [-0.25, -0.2) is 23.1 Å². The molecule has 1 aromatic heterocycles. The number of carbonyl (C=O) groups is 1. The molecule has 4 nitrogen and oxygen atoms in total. The van der Waals surface area contributed by atoms with Crippen LogP contribution in [0.4, 0.5) is 24.7 Å². The van der Waals surface area contributed by atoms with E-state index in [0.717, 1.165) is 6.33 Å². The summed E-state index contributed by atoms with van der Waals surface area (Å²) >= 11 is 5.63. The first kappa shape index (κ1) is 13.3. The molecule has 0 radical (unpaired) electrons. The van der Waals surface area contributed by atoms with Crippen molar-refractivity contribution in [3.8, 4) is 0 Å². The zero-order valence-corrected chi connectivity index (χ0v) is 9.88. The van der Waals surface area contributed by atoms with Gasteiger partial charge in [0, 0.05) is 12.1 Å². The minimum absolute atomic E-state index is 0.160. The third-order valence-corrected chi connectivity index (χ3v) is 2.50. The van der Waals surface area contributed by atoms with Gasteiger partial charge in [-0.1, -0.05) is 11.6 Å². The Kier molecular flexibility index (Phi) is 3.66. The van der Waals surface area contributed by atoms with Gasteiger partial charge in [0.05, 0.1) is 5.56 Å². The predicted molar refractivity (Wildman–Crippen MR) is 62.0 cm³/mol. The van der Waals surface area contributed by atoms with Crippen LogP contribution in [-0.4, -0.2) is 16.3 Å². The number of nitrogens with one attached hydrogen (secondary N) is 1. The Morgan fingerprint density at radius 1 is 1.16 bits per heavy atom. The number of anilines is 2. The Morgan fingerprint density at radius 3 is 2.37 bits per heavy atom. The van der Waals surface area contributed by atoms with Crippen molar-refractivity contribution in [1.82, 2.24) is 9.97 Å². The lowest BCUT2D eigenvalue weighted by Gasteiger charge is -2.10. The van der Waals surface area contributed by atoms with Crippen molar-refractivity contribution in [2.75, 3.05) is 5.32 Å². The predicted octanol–water partition coefficient (Wildman–Crippen LogP) is 3.10. The van der Waals surface area contributed by atoms with Crippen LogP contribution in [0.2, 0.25) is 5.15 Å². The quantitative estimate of drug-likeness (QED) is 0.696. The fraction of sp³-hybridized carbons (Fsp3) is 0. The van der Waals surface area contributed by atoms with Gasteiger partial charge in [0.25, 0.3) is 0 Å². The zero-order valence-electron chi connectivity index (χ0n) is 9.12. The lowest BCUT2D eigenvalue weighted by molar-refractivity contribution is 0.112. The van der Waals surface area contributed by atoms with Gasteiger partial charge < -0.3 is 5.32 Å². The molecule has 2 rings (SSSR count). The molecule has 0 unspecified atom stereocenters. The molecule has 0 bridgehead atoms. The molecule has 1 N–H and O–H groups in total. The largest absolute Gasteiger partial charge is 0.335 e. The summed E-state index contributed by atoms with van der Waals surface area (Å²) in [5.74, 6) is -3.57. The number of benzene rings is 1. The molecule has 0 amide bonds. The van der Waals surface area contributed by atoms with E-state index in [9.17, 15) is 18.0 Å². The van der Waals surface area contributed by atoms with E-state index >= 15 is 0 Å². The SMILES string of the molecule is O=Cc1c(Cl)ncnc1Nc1c(F)cc(F)cc1F. The average molecular weight is 288 g/mol. The molecule has 0 atom stereocenters. The third kappa shape index (κ3) is 2.65. The summed E-state index contributed by atoms with van der Waals surface area (Å²) in [5.41, 5.74) is -0.799. The van der Waals surface area contributed by atoms with E-state index in [2.05, 4.69) is 15.3 Å². The van der Waals surface area contributed by atoms with Crippen molar-refractivity contribution in [3.05, 3.63) is 46.6 Å². The number of aldehydes is 1. The highest BCUT2D eigenvalue weighted by molar-refractivity contribution is 6.32. The van der Waals surface area contributed by atoms with Crippen molar-refractivity contribution in [2.24, 2.45) is 0 Å². The smallest absolute Gasteiger partial charge is 0.156 e. The van der Waals surface area contributed by atoms with E-state index in [1.807, 2.05) is 0 Å². The molecular formula is C11H5ClF3N3O. The first-order valence-electron chi connectivity index (χ1n) is 4.90. The number of hydrogen-bond donors (Lipinski definition) is 1. The fourth-order valence-electron chi connectivity index (χ4n) is 1.36. The van der Waals surface area contributed by atoms with Crippen LogP contribution in [0, 0.1) is 17.5 Å². The maximum absolute atomic E-state index is 13.4. The Bertz CT molecular complexity index is 628. The maximum atomic E-state index is 13.4. The Hall–Kier alpha value is -2.15. The minimum Gasteiger partial charge on any atom is -0.335 e. The summed E-state index contributed by atoms with van der Waals surface area (Å²) in [5, 5.41) is 2.07. The summed E-state index contributed by atoms with van der Waals surface area (Å²) in [7, 11) is 0. The second-order valence-electron chi connectivity index (χ2n) is 3.41. The van der Waals surface area contributed by atoms with E-state index < -0.39 is 23.1 Å². The van der Waals surface area contributed by atoms with Crippen molar-refractivity contribution in [3.63, 3.8) is 0 Å². The third-order valence-electron chi connectivity index (χ3n) is 2.20. The van der Waals surface area contributed by atoms with Crippen molar-refractivity contribution in [1.29, 1.82) is 0 Å². The molecule has 0 spiro atoms. The van der Waals surface area contributed by atoms with Gasteiger partial charge in [-0.2, -0.15) is 0 Å². The molecule has 0 aliphatic rings. The molecule has 0 saturated carbocycles. The monoisotopic (exact) mass is 287 g/mol. The molecule has 19 heavy (non-hydrogen) atoms. The van der Waals surface area contributed by atoms with E-state index in [1.54, 1.807) is 0 Å². The van der Waals surface area contributed by atoms with Gasteiger partial charge in [0.1, 0.15) is 28.8 Å². The van der Waals surface area contributed by atoms with Gasteiger partial charge in [-0.15, -0.1) is 0 Å². The molecule has 1 heterocycles. The Morgan fingerprint density at radius 2 is 1.79 bits per heavy atom. The lowest BCUT2D eigenvalue weighted by atomic mass is 10.2. The van der Waals surface area contributed by atoms with Crippen molar-refractivity contribution in [2.45, 2.75) is 0 Å². The fourth-order valence-corrected chi connectivity index (χ4v) is 1.54. The van der Waals surface area contributed by atoms with Crippen LogP contribution in [0.5, 0.6) is 0 Å². The minimum atomic E-state index is -1.16. The van der Waals surface area contributed by atoms with Crippen molar-refractivity contribution < 1.29 is 18.0 Å². The highest BCUT2D eigenvalue weighted by Crippen LogP contribution is 2.26. The Balaban J connectivity index is 2.48. The Labute approximate surface area is 110 Å². The summed E-state index contributed by atoms with van der Waals surface area (Å²) in [6.45, 7) is 0. The highest BCUT2D eigenvalue weighted by atomic mass is 35.5. The van der Waals surface area contributed by atoms with E-state index in [4.69, 9.17) is 11.6 Å². The van der Waals surface area contributed by atoms with Crippen molar-refractivity contribution >= 4 is 29.4 Å². The number of halogens is 4. The molecule has 8 heteroatoms. The molecule has 0 aliphatic heterocycles. The first-order chi connectivity index (χ1) is 9.02. The second-order valence-corrected chi connectivity index (χ2v) is 3.77. The molecule has 0 aliphatic carbocycles. The lowest BCUT2D eigenvalue weighted by Crippen LogP contribution is -2.04. The number of aromatic nitrogens is 2. The van der Waals surface area contributed by atoms with Crippen LogP contribution in [-0.2, 0) is 0 Å². The molecule has 0 fully saturated rings. The normalized spacial score (nSPS) is 10.3. The van der Waals surface area contributed by atoms with Crippen LogP contribution < -0.4 is 5.32 Å². The molecule has 2 aromatic rings. The summed E-state index contributed by atoms with van der Waals surface area (Å²) in [6, 6.07) is 0.990. The molecule has 1 aromatic carbocycles. The van der Waals surface area contributed by atoms with E-state index in [0.29, 0.717) is 18.4 Å². The van der Waals surface area contributed by atoms with Crippen LogP contribution >= 0.6 is 11.6 Å². The zero-order chi connectivity index (χ0) is 14.0. The van der Waals surface area contributed by atoms with Gasteiger partial charge in [0.2, 0.25) is 0 Å². The number of rotatable bonds is 3. The molecule has 0 saturated heterocycles. The summed E-state index contributed by atoms with van der Waals surface area (Å²) in [6.07, 6.45) is 1.35. The highest BCUT2D eigenvalue weighted by Gasteiger charge is 2.15. The standard InChI is InChI=1S/C11H5ClF3N3O/c12-10-6(3-19)11(17-4-16-10)18-9-7(14)1-5(13)2-8(9)15/h1-4H,(H,16,17,18). The second kappa shape index (κ2) is 5.23. The van der Waals surface area contributed by atoms with E-state index in [-0.39, 0.29) is 16.5 Å². The van der Waals surface area contributed by atoms with Crippen LogP contribution in [0.15, 0.2) is 18.5 Å². The van der Waals surface area contributed by atoms with Gasteiger partial charge >= 0.3 is 0 Å². The summed E-state index contributed by atoms with van der Waals surface area (Å²) in [4.78, 5) is 18.0. The van der Waals surface area contributed by atoms with Crippen LogP contribution in [0.1, 0.15) is 10.4 Å². The van der Waals surface area contributed by atoms with E-state index in [1.165, 1.54) is 0 Å². The maximum Gasteiger partial charge on any atom is 0.156 e. The first-order valence-corrected chi connectivity index (χ1v) is 5.28. The number of hydrogen-bond acceptors (Lipinski definition) is 4. The number of carbonyl (C=O) groups excluding carboxylic acids is 1. The van der Waals surface area contributed by atoms with Gasteiger partial charge in [-0.05, 0) is 0 Å².